The van der Waals surface area contributed by atoms with Crippen LogP contribution in [0.5, 0.6) is 0 Å². The zero-order chi connectivity index (χ0) is 19.3. The highest BCUT2D eigenvalue weighted by Crippen LogP contribution is 2.44. The van der Waals surface area contributed by atoms with E-state index >= 15 is 0 Å². The molecular formula is C22H25ClN2O2. The summed E-state index contributed by atoms with van der Waals surface area (Å²) in [4.78, 5) is 24.7. The van der Waals surface area contributed by atoms with E-state index in [1.165, 1.54) is 0 Å². The lowest BCUT2D eigenvalue weighted by Crippen LogP contribution is -2.48. The molecule has 1 aliphatic rings. The standard InChI is InChI=1S/C22H25ClN2O2/c1-2-5-20(26)25-19-7-3-6-16(14-19)15-24-21(27)22(12-4-13-22)17-8-10-18(23)11-9-17/h3,6-11,14H,2,4-5,12-13,15H2,1H3,(H,24,27)(H,25,26). The molecule has 0 radical (unpaired) electrons. The maximum atomic E-state index is 12.9. The molecule has 2 aromatic rings. The van der Waals surface area contributed by atoms with Gasteiger partial charge in [-0.15, -0.1) is 0 Å². The van der Waals surface area contributed by atoms with Gasteiger partial charge in [-0.3, -0.25) is 9.59 Å². The lowest BCUT2D eigenvalue weighted by atomic mass is 9.64. The first-order chi connectivity index (χ1) is 13.0. The van der Waals surface area contributed by atoms with Crippen molar-refractivity contribution in [2.45, 2.75) is 51.0 Å². The van der Waals surface area contributed by atoms with Crippen molar-refractivity contribution >= 4 is 29.1 Å². The van der Waals surface area contributed by atoms with Gasteiger partial charge in [0.15, 0.2) is 0 Å². The summed E-state index contributed by atoms with van der Waals surface area (Å²) in [5.41, 5.74) is 2.30. The fourth-order valence-electron chi connectivity index (χ4n) is 3.51. The van der Waals surface area contributed by atoms with Crippen LogP contribution in [0.4, 0.5) is 5.69 Å². The Morgan fingerprint density at radius 3 is 2.48 bits per heavy atom. The van der Waals surface area contributed by atoms with Crippen molar-refractivity contribution in [3.05, 3.63) is 64.7 Å². The van der Waals surface area contributed by atoms with Gasteiger partial charge >= 0.3 is 0 Å². The van der Waals surface area contributed by atoms with Crippen LogP contribution in [0.15, 0.2) is 48.5 Å². The van der Waals surface area contributed by atoms with Crippen LogP contribution < -0.4 is 10.6 Å². The van der Waals surface area contributed by atoms with E-state index in [2.05, 4.69) is 10.6 Å². The molecule has 0 spiro atoms. The summed E-state index contributed by atoms with van der Waals surface area (Å²) < 4.78 is 0. The molecule has 0 atom stereocenters. The van der Waals surface area contributed by atoms with E-state index in [1.54, 1.807) is 0 Å². The van der Waals surface area contributed by atoms with E-state index < -0.39 is 5.41 Å². The topological polar surface area (TPSA) is 58.2 Å². The molecule has 0 heterocycles. The molecule has 3 rings (SSSR count). The third kappa shape index (κ3) is 4.51. The molecule has 1 fully saturated rings. The molecule has 0 unspecified atom stereocenters. The van der Waals surface area contributed by atoms with Crippen LogP contribution in [0.3, 0.4) is 0 Å². The van der Waals surface area contributed by atoms with E-state index in [9.17, 15) is 9.59 Å². The Hall–Kier alpha value is -2.33. The van der Waals surface area contributed by atoms with Crippen LogP contribution in [0.2, 0.25) is 5.02 Å². The molecular weight excluding hydrogens is 360 g/mol. The summed E-state index contributed by atoms with van der Waals surface area (Å²) in [5, 5.41) is 6.64. The summed E-state index contributed by atoms with van der Waals surface area (Å²) in [5.74, 6) is 0.0614. The van der Waals surface area contributed by atoms with Crippen molar-refractivity contribution in [1.29, 1.82) is 0 Å². The average molecular weight is 385 g/mol. The molecule has 27 heavy (non-hydrogen) atoms. The smallest absolute Gasteiger partial charge is 0.230 e. The Kier molecular flexibility index (Phi) is 6.17. The predicted octanol–water partition coefficient (Wildman–Crippen LogP) is 4.82. The summed E-state index contributed by atoms with van der Waals surface area (Å²) in [6.07, 6.45) is 4.08. The largest absolute Gasteiger partial charge is 0.351 e. The molecule has 0 aliphatic heterocycles. The quantitative estimate of drug-likeness (QED) is 0.719. The van der Waals surface area contributed by atoms with E-state index in [0.29, 0.717) is 18.0 Å². The number of hydrogen-bond acceptors (Lipinski definition) is 2. The number of carbonyl (C=O) groups is 2. The van der Waals surface area contributed by atoms with Crippen LogP contribution in [0, 0.1) is 0 Å². The van der Waals surface area contributed by atoms with E-state index in [1.807, 2.05) is 55.5 Å². The van der Waals surface area contributed by atoms with Crippen molar-refractivity contribution < 1.29 is 9.59 Å². The molecule has 1 saturated carbocycles. The maximum Gasteiger partial charge on any atom is 0.230 e. The number of rotatable bonds is 7. The fraction of sp³-hybridized carbons (Fsp3) is 0.364. The molecule has 0 bridgehead atoms. The Labute approximate surface area is 165 Å². The van der Waals surface area contributed by atoms with Crippen molar-refractivity contribution in [3.8, 4) is 0 Å². The van der Waals surface area contributed by atoms with Gasteiger partial charge in [0.25, 0.3) is 0 Å². The second-order valence-corrected chi connectivity index (χ2v) is 7.56. The fourth-order valence-corrected chi connectivity index (χ4v) is 3.63. The second-order valence-electron chi connectivity index (χ2n) is 7.12. The van der Waals surface area contributed by atoms with Crippen molar-refractivity contribution in [1.82, 2.24) is 5.32 Å². The minimum Gasteiger partial charge on any atom is -0.351 e. The number of carbonyl (C=O) groups excluding carboxylic acids is 2. The SMILES string of the molecule is CCCC(=O)Nc1cccc(CNC(=O)C2(c3ccc(Cl)cc3)CCC2)c1. The molecule has 0 saturated heterocycles. The van der Waals surface area contributed by atoms with Gasteiger partial charge in [0.05, 0.1) is 5.41 Å². The monoisotopic (exact) mass is 384 g/mol. The summed E-state index contributed by atoms with van der Waals surface area (Å²) >= 11 is 5.98. The highest BCUT2D eigenvalue weighted by molar-refractivity contribution is 6.30. The lowest BCUT2D eigenvalue weighted by Gasteiger charge is -2.40. The van der Waals surface area contributed by atoms with Gasteiger partial charge in [0.1, 0.15) is 0 Å². The molecule has 2 N–H and O–H groups in total. The summed E-state index contributed by atoms with van der Waals surface area (Å²) in [6, 6.07) is 15.2. The second kappa shape index (κ2) is 8.57. The number of nitrogens with one attached hydrogen (secondary N) is 2. The Morgan fingerprint density at radius 1 is 1.11 bits per heavy atom. The maximum absolute atomic E-state index is 12.9. The molecule has 5 heteroatoms. The van der Waals surface area contributed by atoms with Gasteiger partial charge in [-0.2, -0.15) is 0 Å². The number of amides is 2. The van der Waals surface area contributed by atoms with E-state index in [4.69, 9.17) is 11.6 Å². The Bertz CT molecular complexity index is 813. The highest BCUT2D eigenvalue weighted by atomic mass is 35.5. The first-order valence-electron chi connectivity index (χ1n) is 9.46. The molecule has 4 nitrogen and oxygen atoms in total. The van der Waals surface area contributed by atoms with Gasteiger partial charge in [0, 0.05) is 23.7 Å². The average Bonchev–Trinajstić information content (AvgIpc) is 2.61. The predicted molar refractivity (Wildman–Crippen MR) is 109 cm³/mol. The van der Waals surface area contributed by atoms with Crippen molar-refractivity contribution in [2.24, 2.45) is 0 Å². The number of benzene rings is 2. The minimum atomic E-state index is -0.447. The van der Waals surface area contributed by atoms with Crippen LogP contribution in [-0.4, -0.2) is 11.8 Å². The van der Waals surface area contributed by atoms with Gasteiger partial charge in [-0.25, -0.2) is 0 Å². The first-order valence-corrected chi connectivity index (χ1v) is 9.84. The molecule has 2 amide bonds. The van der Waals surface area contributed by atoms with Gasteiger partial charge in [-0.05, 0) is 54.7 Å². The molecule has 1 aliphatic carbocycles. The number of hydrogen-bond donors (Lipinski definition) is 2. The number of anilines is 1. The summed E-state index contributed by atoms with van der Waals surface area (Å²) in [6.45, 7) is 2.41. The molecule has 2 aromatic carbocycles. The van der Waals surface area contributed by atoms with Crippen LogP contribution >= 0.6 is 11.6 Å². The normalized spacial score (nSPS) is 14.9. The van der Waals surface area contributed by atoms with Crippen LogP contribution in [-0.2, 0) is 21.5 Å². The first kappa shape index (κ1) is 19.4. The molecule has 0 aromatic heterocycles. The van der Waals surface area contributed by atoms with Crippen molar-refractivity contribution in [3.63, 3.8) is 0 Å². The van der Waals surface area contributed by atoms with Crippen LogP contribution in [0.1, 0.15) is 50.2 Å². The lowest BCUT2D eigenvalue weighted by molar-refractivity contribution is -0.130. The zero-order valence-electron chi connectivity index (χ0n) is 15.6. The third-order valence-electron chi connectivity index (χ3n) is 5.18. The molecule has 142 valence electrons. The Balaban J connectivity index is 1.64. The van der Waals surface area contributed by atoms with E-state index in [0.717, 1.165) is 42.5 Å². The third-order valence-corrected chi connectivity index (χ3v) is 5.43. The van der Waals surface area contributed by atoms with E-state index in [-0.39, 0.29) is 11.8 Å². The minimum absolute atomic E-state index is 0.00912. The van der Waals surface area contributed by atoms with Gasteiger partial charge < -0.3 is 10.6 Å². The summed E-state index contributed by atoms with van der Waals surface area (Å²) in [7, 11) is 0. The Morgan fingerprint density at radius 2 is 1.85 bits per heavy atom. The van der Waals surface area contributed by atoms with Crippen LogP contribution in [0.25, 0.3) is 0 Å². The van der Waals surface area contributed by atoms with Gasteiger partial charge in [-0.1, -0.05) is 49.2 Å². The van der Waals surface area contributed by atoms with Gasteiger partial charge in [0.2, 0.25) is 11.8 Å². The highest BCUT2D eigenvalue weighted by Gasteiger charge is 2.45. The number of halogens is 1. The van der Waals surface area contributed by atoms with Crippen molar-refractivity contribution in [2.75, 3.05) is 5.32 Å². The zero-order valence-corrected chi connectivity index (χ0v) is 16.3.